The molecule has 25 heavy (non-hydrogen) atoms. The maximum atomic E-state index is 13.1. The van der Waals surface area contributed by atoms with E-state index in [0.29, 0.717) is 6.42 Å². The number of carbonyl (C=O) groups is 1. The SMILES string of the molecule is CCOC(=O)[C@@H]1C[C@H](c2ccccc2)N1S(=O)(=O)c1ccc(C)cc1. The minimum atomic E-state index is -3.80. The zero-order chi connectivity index (χ0) is 18.0. The van der Waals surface area contributed by atoms with Gasteiger partial charge in [-0.3, -0.25) is 4.79 Å². The lowest BCUT2D eigenvalue weighted by molar-refractivity contribution is -0.153. The zero-order valence-corrected chi connectivity index (χ0v) is 15.1. The van der Waals surface area contributed by atoms with E-state index >= 15 is 0 Å². The molecule has 0 bridgehead atoms. The minimum Gasteiger partial charge on any atom is -0.465 e. The van der Waals surface area contributed by atoms with Gasteiger partial charge >= 0.3 is 5.97 Å². The van der Waals surface area contributed by atoms with Crippen molar-refractivity contribution in [1.82, 2.24) is 4.31 Å². The maximum Gasteiger partial charge on any atom is 0.324 e. The minimum absolute atomic E-state index is 0.188. The summed E-state index contributed by atoms with van der Waals surface area (Å²) in [6.07, 6.45) is 0.425. The van der Waals surface area contributed by atoms with Crippen molar-refractivity contribution in [2.24, 2.45) is 0 Å². The summed E-state index contributed by atoms with van der Waals surface area (Å²) in [7, 11) is -3.80. The van der Waals surface area contributed by atoms with E-state index < -0.39 is 22.0 Å². The standard InChI is InChI=1S/C19H21NO4S/c1-3-24-19(21)18-13-17(15-7-5-4-6-8-15)20(18)25(22,23)16-11-9-14(2)10-12-16/h4-12,17-18H,3,13H2,1-2H3/t17-,18+/m1/s1. The van der Waals surface area contributed by atoms with Crippen LogP contribution in [0.25, 0.3) is 0 Å². The molecule has 2 atom stereocenters. The lowest BCUT2D eigenvalue weighted by Crippen LogP contribution is -2.57. The fourth-order valence-electron chi connectivity index (χ4n) is 3.06. The second-order valence-corrected chi connectivity index (χ2v) is 7.92. The van der Waals surface area contributed by atoms with Gasteiger partial charge in [0.05, 0.1) is 17.5 Å². The zero-order valence-electron chi connectivity index (χ0n) is 14.3. The summed E-state index contributed by atoms with van der Waals surface area (Å²) >= 11 is 0. The molecule has 0 aliphatic carbocycles. The van der Waals surface area contributed by atoms with Crippen molar-refractivity contribution in [3.8, 4) is 0 Å². The van der Waals surface area contributed by atoms with Crippen molar-refractivity contribution in [1.29, 1.82) is 0 Å². The van der Waals surface area contributed by atoms with Crippen molar-refractivity contribution in [3.63, 3.8) is 0 Å². The Hall–Kier alpha value is -2.18. The molecule has 0 unspecified atom stereocenters. The lowest BCUT2D eigenvalue weighted by Gasteiger charge is -2.45. The van der Waals surface area contributed by atoms with Gasteiger partial charge in [-0.1, -0.05) is 48.0 Å². The van der Waals surface area contributed by atoms with Crippen molar-refractivity contribution >= 4 is 16.0 Å². The van der Waals surface area contributed by atoms with Crippen LogP contribution in [0.2, 0.25) is 0 Å². The van der Waals surface area contributed by atoms with Crippen LogP contribution in [0.15, 0.2) is 59.5 Å². The molecule has 0 aromatic heterocycles. The number of benzene rings is 2. The molecule has 0 radical (unpaired) electrons. The summed E-state index contributed by atoms with van der Waals surface area (Å²) in [4.78, 5) is 12.4. The molecule has 0 N–H and O–H groups in total. The Balaban J connectivity index is 1.98. The van der Waals surface area contributed by atoms with Crippen LogP contribution in [0.3, 0.4) is 0 Å². The van der Waals surface area contributed by atoms with Crippen LogP contribution in [-0.2, 0) is 19.6 Å². The molecule has 1 heterocycles. The van der Waals surface area contributed by atoms with Gasteiger partial charge in [-0.15, -0.1) is 0 Å². The first-order chi connectivity index (χ1) is 11.9. The Kier molecular flexibility index (Phi) is 4.92. The number of hydrogen-bond acceptors (Lipinski definition) is 4. The highest BCUT2D eigenvalue weighted by Gasteiger charge is 2.51. The molecule has 6 heteroatoms. The van der Waals surface area contributed by atoms with Gasteiger partial charge in [-0.2, -0.15) is 4.31 Å². The maximum absolute atomic E-state index is 13.1. The second-order valence-electron chi connectivity index (χ2n) is 6.08. The van der Waals surface area contributed by atoms with Crippen molar-refractivity contribution in [2.75, 3.05) is 6.61 Å². The number of nitrogens with zero attached hydrogens (tertiary/aromatic N) is 1. The molecule has 0 spiro atoms. The van der Waals surface area contributed by atoms with Crippen LogP contribution in [-0.4, -0.2) is 31.3 Å². The van der Waals surface area contributed by atoms with E-state index in [1.54, 1.807) is 31.2 Å². The van der Waals surface area contributed by atoms with Gasteiger partial charge in [0, 0.05) is 0 Å². The van der Waals surface area contributed by atoms with E-state index in [-0.39, 0.29) is 17.5 Å². The van der Waals surface area contributed by atoms with E-state index in [2.05, 4.69) is 0 Å². The summed E-state index contributed by atoms with van der Waals surface area (Å²) in [5, 5.41) is 0. The third-order valence-corrected chi connectivity index (χ3v) is 6.33. The molecule has 0 saturated carbocycles. The summed E-state index contributed by atoms with van der Waals surface area (Å²) in [6.45, 7) is 3.84. The van der Waals surface area contributed by atoms with E-state index in [9.17, 15) is 13.2 Å². The topological polar surface area (TPSA) is 63.7 Å². The monoisotopic (exact) mass is 359 g/mol. The Morgan fingerprint density at radius 3 is 2.36 bits per heavy atom. The molecule has 1 fully saturated rings. The summed E-state index contributed by atoms with van der Waals surface area (Å²) in [5.74, 6) is -0.495. The Bertz CT molecular complexity index is 847. The van der Waals surface area contributed by atoms with E-state index in [1.807, 2.05) is 37.3 Å². The van der Waals surface area contributed by atoms with Crippen LogP contribution in [0, 0.1) is 6.92 Å². The van der Waals surface area contributed by atoms with Crippen molar-refractivity contribution in [2.45, 2.75) is 37.2 Å². The molecule has 0 amide bonds. The number of rotatable bonds is 5. The van der Waals surface area contributed by atoms with Gasteiger partial charge in [0.1, 0.15) is 6.04 Å². The highest BCUT2D eigenvalue weighted by Crippen LogP contribution is 2.43. The van der Waals surface area contributed by atoms with Crippen molar-refractivity contribution in [3.05, 3.63) is 65.7 Å². The smallest absolute Gasteiger partial charge is 0.324 e. The van der Waals surface area contributed by atoms with Crippen LogP contribution in [0.4, 0.5) is 0 Å². The molecule has 2 aromatic carbocycles. The Morgan fingerprint density at radius 2 is 1.76 bits per heavy atom. The fourth-order valence-corrected chi connectivity index (χ4v) is 4.84. The first-order valence-electron chi connectivity index (χ1n) is 8.27. The highest BCUT2D eigenvalue weighted by molar-refractivity contribution is 7.89. The molecule has 1 saturated heterocycles. The first kappa shape index (κ1) is 17.6. The molecule has 132 valence electrons. The van der Waals surface area contributed by atoms with E-state index in [1.165, 1.54) is 4.31 Å². The van der Waals surface area contributed by atoms with Crippen molar-refractivity contribution < 1.29 is 17.9 Å². The number of ether oxygens (including phenoxy) is 1. The lowest BCUT2D eigenvalue weighted by atomic mass is 9.91. The average Bonchev–Trinajstić information content (AvgIpc) is 2.55. The predicted molar refractivity (Wildman–Crippen MR) is 94.4 cm³/mol. The summed E-state index contributed by atoms with van der Waals surface area (Å²) < 4.78 is 32.6. The fraction of sp³-hybridized carbons (Fsp3) is 0.316. The number of aryl methyl sites for hydroxylation is 1. The third kappa shape index (κ3) is 3.32. The van der Waals surface area contributed by atoms with Gasteiger partial charge in [-0.25, -0.2) is 8.42 Å². The largest absolute Gasteiger partial charge is 0.465 e. The molecule has 5 nitrogen and oxygen atoms in total. The molecule has 1 aliphatic heterocycles. The van der Waals surface area contributed by atoms with Gasteiger partial charge in [0.2, 0.25) is 10.0 Å². The predicted octanol–water partition coefficient (Wildman–Crippen LogP) is 3.06. The highest BCUT2D eigenvalue weighted by atomic mass is 32.2. The van der Waals surface area contributed by atoms with E-state index in [0.717, 1.165) is 11.1 Å². The van der Waals surface area contributed by atoms with Crippen LogP contribution < -0.4 is 0 Å². The number of hydrogen-bond donors (Lipinski definition) is 0. The molecule has 1 aliphatic rings. The van der Waals surface area contributed by atoms with Crippen LogP contribution >= 0.6 is 0 Å². The molecule has 2 aromatic rings. The van der Waals surface area contributed by atoms with Gasteiger partial charge in [0.25, 0.3) is 0 Å². The first-order valence-corrected chi connectivity index (χ1v) is 9.71. The number of carbonyl (C=O) groups excluding carboxylic acids is 1. The normalized spacial score (nSPS) is 20.7. The van der Waals surface area contributed by atoms with Crippen LogP contribution in [0.5, 0.6) is 0 Å². The van der Waals surface area contributed by atoms with Gasteiger partial charge in [-0.05, 0) is 38.0 Å². The van der Waals surface area contributed by atoms with Crippen LogP contribution in [0.1, 0.15) is 30.5 Å². The quantitative estimate of drug-likeness (QED) is 0.770. The number of esters is 1. The molecule has 3 rings (SSSR count). The van der Waals surface area contributed by atoms with Gasteiger partial charge in [0.15, 0.2) is 0 Å². The molecular weight excluding hydrogens is 338 g/mol. The Labute approximate surface area is 148 Å². The Morgan fingerprint density at radius 1 is 1.12 bits per heavy atom. The summed E-state index contributed by atoms with van der Waals surface area (Å²) in [6, 6.07) is 14.9. The summed E-state index contributed by atoms with van der Waals surface area (Å²) in [5.41, 5.74) is 1.85. The third-order valence-electron chi connectivity index (χ3n) is 4.40. The van der Waals surface area contributed by atoms with Gasteiger partial charge < -0.3 is 4.74 Å². The molecular formula is C19H21NO4S. The average molecular weight is 359 g/mol. The second kappa shape index (κ2) is 6.98. The van der Waals surface area contributed by atoms with E-state index in [4.69, 9.17) is 4.74 Å². The number of sulfonamides is 1.